The van der Waals surface area contributed by atoms with Crippen molar-refractivity contribution in [2.45, 2.75) is 31.2 Å². The summed E-state index contributed by atoms with van der Waals surface area (Å²) in [6.45, 7) is 0. The van der Waals surface area contributed by atoms with E-state index in [1.54, 1.807) is 13.2 Å². The quantitative estimate of drug-likeness (QED) is 0.683. The number of aromatic carboxylic acids is 1. The molecule has 140 valence electrons. The zero-order valence-electron chi connectivity index (χ0n) is 15.1. The summed E-state index contributed by atoms with van der Waals surface area (Å²) in [5, 5.41) is 13.2. The smallest absolute Gasteiger partial charge is 0.335 e. The molecule has 1 heterocycles. The summed E-state index contributed by atoms with van der Waals surface area (Å²) in [6, 6.07) is 11.9. The number of methoxy groups -OCH3 is 1. The molecule has 2 N–H and O–H groups in total. The molecule has 3 aliphatic rings. The Bertz CT molecular complexity index is 928. The van der Waals surface area contributed by atoms with Crippen LogP contribution in [-0.2, 0) is 0 Å². The molecule has 1 aliphatic heterocycles. The van der Waals surface area contributed by atoms with Gasteiger partial charge in [0, 0.05) is 15.7 Å². The molecule has 5 rings (SSSR count). The summed E-state index contributed by atoms with van der Waals surface area (Å²) < 4.78 is 6.73. The Morgan fingerprint density at radius 2 is 1.96 bits per heavy atom. The van der Waals surface area contributed by atoms with Gasteiger partial charge in [-0.3, -0.25) is 0 Å². The maximum atomic E-state index is 11.5. The minimum absolute atomic E-state index is 0.181. The summed E-state index contributed by atoms with van der Waals surface area (Å²) in [5.74, 6) is 2.29. The van der Waals surface area contributed by atoms with Crippen LogP contribution in [0.25, 0.3) is 0 Å². The number of carbonyl (C=O) groups is 1. The SMILES string of the molecule is COc1ccc(Br)cc1[C@@H]1Nc2ccc(C(=O)O)cc2[C@H]2[C@H]3CC[C@@H](C3)[C@H]21. The highest BCUT2D eigenvalue weighted by atomic mass is 79.9. The van der Waals surface area contributed by atoms with Gasteiger partial charge in [0.25, 0.3) is 0 Å². The first-order valence-electron chi connectivity index (χ1n) is 9.54. The van der Waals surface area contributed by atoms with Gasteiger partial charge >= 0.3 is 5.97 Å². The number of halogens is 1. The average molecular weight is 428 g/mol. The molecule has 0 saturated heterocycles. The summed E-state index contributed by atoms with van der Waals surface area (Å²) >= 11 is 3.61. The second-order valence-corrected chi connectivity index (χ2v) is 8.97. The Labute approximate surface area is 167 Å². The minimum atomic E-state index is -0.853. The molecule has 2 aromatic carbocycles. The fourth-order valence-corrected chi connectivity index (χ4v) is 6.26. The lowest BCUT2D eigenvalue weighted by molar-refractivity contribution is 0.0696. The number of benzene rings is 2. The van der Waals surface area contributed by atoms with Gasteiger partial charge in [0.1, 0.15) is 5.75 Å². The molecule has 0 radical (unpaired) electrons. The van der Waals surface area contributed by atoms with Gasteiger partial charge in [-0.2, -0.15) is 0 Å². The molecule has 2 aliphatic carbocycles. The molecule has 4 nitrogen and oxygen atoms in total. The van der Waals surface area contributed by atoms with Crippen molar-refractivity contribution in [3.05, 3.63) is 57.6 Å². The molecular formula is C22H22BrNO3. The molecule has 2 bridgehead atoms. The van der Waals surface area contributed by atoms with Crippen molar-refractivity contribution >= 4 is 27.6 Å². The van der Waals surface area contributed by atoms with Crippen molar-refractivity contribution in [3.8, 4) is 5.75 Å². The highest BCUT2D eigenvalue weighted by Crippen LogP contribution is 2.64. The molecule has 0 spiro atoms. The summed E-state index contributed by atoms with van der Waals surface area (Å²) in [6.07, 6.45) is 3.78. The van der Waals surface area contributed by atoms with Gasteiger partial charge in [0.2, 0.25) is 0 Å². The predicted octanol–water partition coefficient (Wildman–Crippen LogP) is 5.45. The van der Waals surface area contributed by atoms with Gasteiger partial charge in [0.15, 0.2) is 0 Å². The zero-order valence-corrected chi connectivity index (χ0v) is 16.7. The first-order chi connectivity index (χ1) is 13.1. The van der Waals surface area contributed by atoms with Gasteiger partial charge in [-0.15, -0.1) is 0 Å². The molecule has 0 unspecified atom stereocenters. The lowest BCUT2D eigenvalue weighted by Gasteiger charge is -2.44. The van der Waals surface area contributed by atoms with Crippen molar-refractivity contribution < 1.29 is 14.6 Å². The van der Waals surface area contributed by atoms with Crippen LogP contribution in [0.5, 0.6) is 5.75 Å². The van der Waals surface area contributed by atoms with Gasteiger partial charge in [-0.1, -0.05) is 15.9 Å². The third-order valence-electron chi connectivity index (χ3n) is 6.86. The van der Waals surface area contributed by atoms with Crippen LogP contribution in [0.4, 0.5) is 5.69 Å². The van der Waals surface area contributed by atoms with Gasteiger partial charge in [-0.05, 0) is 84.9 Å². The lowest BCUT2D eigenvalue weighted by Crippen LogP contribution is -2.35. The molecule has 5 heteroatoms. The first kappa shape index (κ1) is 17.1. The number of carboxylic acids is 1. The van der Waals surface area contributed by atoms with Gasteiger partial charge in [-0.25, -0.2) is 4.79 Å². The van der Waals surface area contributed by atoms with E-state index in [9.17, 15) is 9.90 Å². The van der Waals surface area contributed by atoms with Crippen LogP contribution in [0, 0.1) is 17.8 Å². The summed E-state index contributed by atoms with van der Waals surface area (Å²) in [7, 11) is 1.72. The predicted molar refractivity (Wildman–Crippen MR) is 108 cm³/mol. The number of hydrogen-bond donors (Lipinski definition) is 2. The van der Waals surface area contributed by atoms with E-state index in [-0.39, 0.29) is 6.04 Å². The number of fused-ring (bicyclic) bond motifs is 7. The molecular weight excluding hydrogens is 406 g/mol. The fraction of sp³-hybridized carbons (Fsp3) is 0.409. The van der Waals surface area contributed by atoms with E-state index in [0.717, 1.165) is 15.9 Å². The zero-order chi connectivity index (χ0) is 18.7. The van der Waals surface area contributed by atoms with Crippen LogP contribution in [0.15, 0.2) is 40.9 Å². The Morgan fingerprint density at radius 3 is 2.74 bits per heavy atom. The third kappa shape index (κ3) is 2.59. The largest absolute Gasteiger partial charge is 0.496 e. The minimum Gasteiger partial charge on any atom is -0.496 e. The van der Waals surface area contributed by atoms with Crippen LogP contribution < -0.4 is 10.1 Å². The van der Waals surface area contributed by atoms with E-state index in [4.69, 9.17) is 4.74 Å². The van der Waals surface area contributed by atoms with Crippen molar-refractivity contribution in [2.75, 3.05) is 12.4 Å². The molecule has 5 atom stereocenters. The number of ether oxygens (including phenoxy) is 1. The maximum absolute atomic E-state index is 11.5. The van der Waals surface area contributed by atoms with Crippen LogP contribution in [0.3, 0.4) is 0 Å². The first-order valence-corrected chi connectivity index (χ1v) is 10.3. The molecule has 27 heavy (non-hydrogen) atoms. The summed E-state index contributed by atoms with van der Waals surface area (Å²) in [5.41, 5.74) is 3.83. The van der Waals surface area contributed by atoms with E-state index < -0.39 is 5.97 Å². The van der Waals surface area contributed by atoms with Crippen LogP contribution in [0.2, 0.25) is 0 Å². The third-order valence-corrected chi connectivity index (χ3v) is 7.35. The van der Waals surface area contributed by atoms with Crippen molar-refractivity contribution in [3.63, 3.8) is 0 Å². The Morgan fingerprint density at radius 1 is 1.15 bits per heavy atom. The Kier molecular flexibility index (Phi) is 3.97. The standard InChI is InChI=1S/C22H22BrNO3/c1-27-18-7-5-14(23)10-16(18)21-20-12-3-2-11(8-12)19(20)15-9-13(22(25)26)4-6-17(15)24-21/h4-7,9-12,19-21,24H,2-3,8H2,1H3,(H,25,26)/t11-,12-,19+,20+,21-/m0/s1. The van der Waals surface area contributed by atoms with Crippen molar-refractivity contribution in [2.24, 2.45) is 17.8 Å². The fourth-order valence-electron chi connectivity index (χ4n) is 5.88. The second kappa shape index (κ2) is 6.26. The van der Waals surface area contributed by atoms with Gasteiger partial charge < -0.3 is 15.2 Å². The van der Waals surface area contributed by atoms with E-state index in [1.807, 2.05) is 24.3 Å². The van der Waals surface area contributed by atoms with Crippen LogP contribution in [0.1, 0.15) is 52.7 Å². The van der Waals surface area contributed by atoms with E-state index >= 15 is 0 Å². The molecule has 0 aromatic heterocycles. The molecule has 2 fully saturated rings. The highest BCUT2D eigenvalue weighted by molar-refractivity contribution is 9.10. The van der Waals surface area contributed by atoms with Crippen molar-refractivity contribution in [1.82, 2.24) is 0 Å². The Balaban J connectivity index is 1.65. The van der Waals surface area contributed by atoms with E-state index in [2.05, 4.69) is 27.3 Å². The van der Waals surface area contributed by atoms with Crippen LogP contribution >= 0.6 is 15.9 Å². The second-order valence-electron chi connectivity index (χ2n) is 8.05. The van der Waals surface area contributed by atoms with E-state index in [1.165, 1.54) is 30.4 Å². The molecule has 2 aromatic rings. The number of carboxylic acid groups (broad SMARTS) is 1. The number of rotatable bonds is 3. The molecule has 0 amide bonds. The number of hydrogen-bond acceptors (Lipinski definition) is 3. The normalized spacial score (nSPS) is 30.4. The lowest BCUT2D eigenvalue weighted by atomic mass is 9.67. The number of anilines is 1. The highest BCUT2D eigenvalue weighted by Gasteiger charge is 2.54. The Hall–Kier alpha value is -2.01. The topological polar surface area (TPSA) is 58.6 Å². The van der Waals surface area contributed by atoms with E-state index in [0.29, 0.717) is 29.2 Å². The average Bonchev–Trinajstić information content (AvgIpc) is 3.29. The summed E-state index contributed by atoms with van der Waals surface area (Å²) in [4.78, 5) is 11.5. The van der Waals surface area contributed by atoms with Gasteiger partial charge in [0.05, 0.1) is 18.7 Å². The maximum Gasteiger partial charge on any atom is 0.335 e. The molecule has 2 saturated carbocycles. The van der Waals surface area contributed by atoms with Crippen molar-refractivity contribution in [1.29, 1.82) is 0 Å². The number of nitrogens with one attached hydrogen (secondary N) is 1. The van der Waals surface area contributed by atoms with Crippen LogP contribution in [-0.4, -0.2) is 18.2 Å². The monoisotopic (exact) mass is 427 g/mol.